The molecule has 0 heterocycles. The summed E-state index contributed by atoms with van der Waals surface area (Å²) in [6, 6.07) is 12.2. The summed E-state index contributed by atoms with van der Waals surface area (Å²) in [6.45, 7) is 2.12. The fourth-order valence-corrected chi connectivity index (χ4v) is 2.13. The van der Waals surface area contributed by atoms with Crippen molar-refractivity contribution in [3.8, 4) is 0 Å². The van der Waals surface area contributed by atoms with Crippen LogP contribution in [0, 0.1) is 0 Å². The van der Waals surface area contributed by atoms with Crippen molar-refractivity contribution in [3.05, 3.63) is 47.5 Å². The summed E-state index contributed by atoms with van der Waals surface area (Å²) in [5, 5.41) is 2.37. The summed E-state index contributed by atoms with van der Waals surface area (Å²) in [6.07, 6.45) is 1.28. The molecule has 0 atom stereocenters. The zero-order valence-electron chi connectivity index (χ0n) is 9.36. The standard InChI is InChI=1S/C14H15NO/c1-2-10-5-3-6-11-7-4-8-12(14(10)11)9-13(15)16/h3-8H,2,9H2,1H3,(H2,15,16). The third-order valence-corrected chi connectivity index (χ3v) is 2.82. The van der Waals surface area contributed by atoms with Crippen LogP contribution in [0.4, 0.5) is 0 Å². The Hall–Kier alpha value is -1.83. The van der Waals surface area contributed by atoms with Gasteiger partial charge in [0.15, 0.2) is 0 Å². The normalized spacial score (nSPS) is 10.6. The van der Waals surface area contributed by atoms with Gasteiger partial charge >= 0.3 is 0 Å². The third kappa shape index (κ3) is 1.91. The molecule has 1 amide bonds. The van der Waals surface area contributed by atoms with Gasteiger partial charge in [-0.25, -0.2) is 0 Å². The maximum Gasteiger partial charge on any atom is 0.221 e. The summed E-state index contributed by atoms with van der Waals surface area (Å²) in [7, 11) is 0. The Morgan fingerprint density at radius 3 is 2.31 bits per heavy atom. The maximum absolute atomic E-state index is 11.0. The van der Waals surface area contributed by atoms with Crippen molar-refractivity contribution in [1.82, 2.24) is 0 Å². The Labute approximate surface area is 95.1 Å². The highest BCUT2D eigenvalue weighted by Gasteiger charge is 2.06. The number of amides is 1. The molecule has 2 aromatic rings. The van der Waals surface area contributed by atoms with Crippen molar-refractivity contribution >= 4 is 16.7 Å². The number of rotatable bonds is 3. The molecule has 2 rings (SSSR count). The molecule has 2 heteroatoms. The molecular weight excluding hydrogens is 198 g/mol. The summed E-state index contributed by atoms with van der Waals surface area (Å²) in [4.78, 5) is 11.0. The molecule has 0 saturated carbocycles. The van der Waals surface area contributed by atoms with Crippen LogP contribution >= 0.6 is 0 Å². The molecule has 0 unspecified atom stereocenters. The largest absolute Gasteiger partial charge is 0.369 e. The van der Waals surface area contributed by atoms with Crippen LogP contribution in [-0.4, -0.2) is 5.91 Å². The molecule has 0 aliphatic carbocycles. The molecule has 0 saturated heterocycles. The van der Waals surface area contributed by atoms with Crippen molar-refractivity contribution in [1.29, 1.82) is 0 Å². The molecule has 0 radical (unpaired) electrons. The molecule has 0 fully saturated rings. The van der Waals surface area contributed by atoms with E-state index in [4.69, 9.17) is 5.73 Å². The number of nitrogens with two attached hydrogens (primary N) is 1. The van der Waals surface area contributed by atoms with Gasteiger partial charge in [-0.05, 0) is 28.3 Å². The SMILES string of the molecule is CCc1cccc2cccc(CC(N)=O)c12. The molecule has 82 valence electrons. The van der Waals surface area contributed by atoms with E-state index in [1.165, 1.54) is 16.3 Å². The number of hydrogen-bond donors (Lipinski definition) is 1. The Morgan fingerprint density at radius 1 is 1.12 bits per heavy atom. The van der Waals surface area contributed by atoms with E-state index in [9.17, 15) is 4.79 Å². The molecule has 2 N–H and O–H groups in total. The van der Waals surface area contributed by atoms with E-state index in [-0.39, 0.29) is 5.91 Å². The monoisotopic (exact) mass is 213 g/mol. The van der Waals surface area contributed by atoms with Crippen molar-refractivity contribution in [2.24, 2.45) is 5.73 Å². The second-order valence-corrected chi connectivity index (χ2v) is 3.93. The Bertz CT molecular complexity index is 526. The van der Waals surface area contributed by atoms with E-state index in [1.54, 1.807) is 0 Å². The minimum atomic E-state index is -0.279. The topological polar surface area (TPSA) is 43.1 Å². The quantitative estimate of drug-likeness (QED) is 0.836. The van der Waals surface area contributed by atoms with E-state index < -0.39 is 0 Å². The first-order chi connectivity index (χ1) is 7.72. The highest BCUT2D eigenvalue weighted by molar-refractivity contribution is 5.92. The van der Waals surface area contributed by atoms with Crippen LogP contribution in [0.15, 0.2) is 36.4 Å². The molecule has 0 bridgehead atoms. The van der Waals surface area contributed by atoms with E-state index in [1.807, 2.05) is 12.1 Å². The van der Waals surface area contributed by atoms with Gasteiger partial charge in [-0.15, -0.1) is 0 Å². The first-order valence-corrected chi connectivity index (χ1v) is 5.50. The van der Waals surface area contributed by atoms with Gasteiger partial charge in [0.05, 0.1) is 6.42 Å². The molecule has 2 nitrogen and oxygen atoms in total. The number of carbonyl (C=O) groups excluding carboxylic acids is 1. The van der Waals surface area contributed by atoms with Crippen LogP contribution in [0.2, 0.25) is 0 Å². The van der Waals surface area contributed by atoms with E-state index in [2.05, 4.69) is 31.2 Å². The average molecular weight is 213 g/mol. The Morgan fingerprint density at radius 2 is 1.75 bits per heavy atom. The van der Waals surface area contributed by atoms with E-state index >= 15 is 0 Å². The molecule has 0 aliphatic rings. The van der Waals surface area contributed by atoms with Crippen LogP contribution < -0.4 is 5.73 Å². The van der Waals surface area contributed by atoms with Gasteiger partial charge in [-0.3, -0.25) is 4.79 Å². The lowest BCUT2D eigenvalue weighted by molar-refractivity contribution is -0.117. The van der Waals surface area contributed by atoms with Crippen LogP contribution in [0.5, 0.6) is 0 Å². The Balaban J connectivity index is 2.68. The van der Waals surface area contributed by atoms with Crippen molar-refractivity contribution in [2.75, 3.05) is 0 Å². The van der Waals surface area contributed by atoms with Crippen molar-refractivity contribution in [3.63, 3.8) is 0 Å². The second-order valence-electron chi connectivity index (χ2n) is 3.93. The van der Waals surface area contributed by atoms with Gasteiger partial charge in [0, 0.05) is 0 Å². The number of carbonyl (C=O) groups is 1. The van der Waals surface area contributed by atoms with Crippen molar-refractivity contribution < 1.29 is 4.79 Å². The highest BCUT2D eigenvalue weighted by atomic mass is 16.1. The average Bonchev–Trinajstić information content (AvgIpc) is 2.28. The number of hydrogen-bond acceptors (Lipinski definition) is 1. The lowest BCUT2D eigenvalue weighted by Crippen LogP contribution is -2.14. The Kier molecular flexibility index (Phi) is 2.91. The molecule has 2 aromatic carbocycles. The van der Waals surface area contributed by atoms with Crippen LogP contribution in [0.3, 0.4) is 0 Å². The molecule has 0 aliphatic heterocycles. The van der Waals surface area contributed by atoms with Gasteiger partial charge in [0.25, 0.3) is 0 Å². The van der Waals surface area contributed by atoms with Crippen LogP contribution in [0.25, 0.3) is 10.8 Å². The number of primary amides is 1. The molecule has 16 heavy (non-hydrogen) atoms. The highest BCUT2D eigenvalue weighted by Crippen LogP contribution is 2.23. The van der Waals surface area contributed by atoms with E-state index in [0.717, 1.165) is 12.0 Å². The number of benzene rings is 2. The minimum absolute atomic E-state index is 0.279. The first-order valence-electron chi connectivity index (χ1n) is 5.50. The smallest absolute Gasteiger partial charge is 0.221 e. The summed E-state index contributed by atoms with van der Waals surface area (Å²) in [5.41, 5.74) is 7.57. The van der Waals surface area contributed by atoms with E-state index in [0.29, 0.717) is 6.42 Å². The van der Waals surface area contributed by atoms with Gasteiger partial charge in [0.2, 0.25) is 5.91 Å². The van der Waals surface area contributed by atoms with Gasteiger partial charge in [-0.1, -0.05) is 43.3 Å². The molecular formula is C14H15NO. The number of fused-ring (bicyclic) bond motifs is 1. The first kappa shape index (κ1) is 10.7. The molecule has 0 aromatic heterocycles. The van der Waals surface area contributed by atoms with Crippen LogP contribution in [0.1, 0.15) is 18.1 Å². The molecule has 0 spiro atoms. The minimum Gasteiger partial charge on any atom is -0.369 e. The fraction of sp³-hybridized carbons (Fsp3) is 0.214. The summed E-state index contributed by atoms with van der Waals surface area (Å²) >= 11 is 0. The van der Waals surface area contributed by atoms with Gasteiger partial charge < -0.3 is 5.73 Å². The zero-order chi connectivity index (χ0) is 11.5. The maximum atomic E-state index is 11.0. The van der Waals surface area contributed by atoms with Gasteiger partial charge in [0.1, 0.15) is 0 Å². The van der Waals surface area contributed by atoms with Gasteiger partial charge in [-0.2, -0.15) is 0 Å². The zero-order valence-corrected chi connectivity index (χ0v) is 9.36. The number of aryl methyl sites for hydroxylation is 1. The predicted octanol–water partition coefficient (Wildman–Crippen LogP) is 2.43. The summed E-state index contributed by atoms with van der Waals surface area (Å²) < 4.78 is 0. The van der Waals surface area contributed by atoms with Crippen molar-refractivity contribution in [2.45, 2.75) is 19.8 Å². The third-order valence-electron chi connectivity index (χ3n) is 2.82. The lowest BCUT2D eigenvalue weighted by Gasteiger charge is -2.09. The summed E-state index contributed by atoms with van der Waals surface area (Å²) in [5.74, 6) is -0.279. The predicted molar refractivity (Wildman–Crippen MR) is 66.2 cm³/mol. The lowest BCUT2D eigenvalue weighted by atomic mass is 9.96. The van der Waals surface area contributed by atoms with Crippen LogP contribution in [-0.2, 0) is 17.6 Å². The second kappa shape index (κ2) is 4.35. The fourth-order valence-electron chi connectivity index (χ4n) is 2.13.